The second kappa shape index (κ2) is 6.65. The number of hydrogen-bond acceptors (Lipinski definition) is 8. The van der Waals surface area contributed by atoms with E-state index in [2.05, 4.69) is 9.02 Å². The van der Waals surface area contributed by atoms with Crippen LogP contribution in [0.15, 0.2) is 24.3 Å². The minimum atomic E-state index is -4.19. The van der Waals surface area contributed by atoms with E-state index in [-0.39, 0.29) is 16.8 Å². The van der Waals surface area contributed by atoms with Gasteiger partial charge in [0.2, 0.25) is 0 Å². The van der Waals surface area contributed by atoms with Crippen molar-refractivity contribution in [1.29, 1.82) is 0 Å². The van der Waals surface area contributed by atoms with E-state index in [4.69, 9.17) is 5.73 Å². The van der Waals surface area contributed by atoms with Crippen LogP contribution in [0.5, 0.6) is 5.75 Å². The Bertz CT molecular complexity index is 643. The highest BCUT2D eigenvalue weighted by Gasteiger charge is 2.24. The summed E-state index contributed by atoms with van der Waals surface area (Å²) < 4.78 is 51.5. The molecule has 9 nitrogen and oxygen atoms in total. The third kappa shape index (κ3) is 5.13. The van der Waals surface area contributed by atoms with Gasteiger partial charge in [-0.2, -0.15) is 8.42 Å². The van der Waals surface area contributed by atoms with Crippen LogP contribution >= 0.6 is 0 Å². The van der Waals surface area contributed by atoms with Crippen LogP contribution in [-0.2, 0) is 31.8 Å². The smallest absolute Gasteiger partial charge is 0.408 e. The third-order valence-corrected chi connectivity index (χ3v) is 2.95. The Balaban J connectivity index is 2.85. The van der Waals surface area contributed by atoms with Crippen molar-refractivity contribution in [2.24, 2.45) is 5.73 Å². The highest BCUT2D eigenvalue weighted by Crippen LogP contribution is 2.13. The average molecular weight is 324 g/mol. The van der Waals surface area contributed by atoms with Crippen LogP contribution in [0.25, 0.3) is 0 Å². The van der Waals surface area contributed by atoms with Crippen molar-refractivity contribution >= 4 is 27.1 Å². The predicted molar refractivity (Wildman–Crippen MR) is 68.4 cm³/mol. The van der Waals surface area contributed by atoms with E-state index in [0.717, 1.165) is 5.56 Å². The van der Waals surface area contributed by atoms with Gasteiger partial charge in [-0.3, -0.25) is 0 Å². The van der Waals surface area contributed by atoms with E-state index >= 15 is 0 Å². The molecular formula is C9H12N2O7S2. The molecule has 0 bridgehead atoms. The summed E-state index contributed by atoms with van der Waals surface area (Å²) in [6.45, 7) is 0.282. The van der Waals surface area contributed by atoms with Crippen LogP contribution in [0, 0.1) is 0 Å². The van der Waals surface area contributed by atoms with Crippen LogP contribution < -0.4 is 10.5 Å². The molecule has 0 fully saturated rings. The van der Waals surface area contributed by atoms with Gasteiger partial charge in [0, 0.05) is 6.54 Å². The normalized spacial score (nSPS) is 11.3. The van der Waals surface area contributed by atoms with Gasteiger partial charge in [0.15, 0.2) is 0 Å². The third-order valence-electron chi connectivity index (χ3n) is 1.87. The molecule has 11 heteroatoms. The molecule has 0 aliphatic heterocycles. The molecule has 0 aromatic heterocycles. The van der Waals surface area contributed by atoms with Gasteiger partial charge in [0.25, 0.3) is 21.0 Å². The summed E-state index contributed by atoms with van der Waals surface area (Å²) >= 11 is 0. The van der Waals surface area contributed by atoms with Crippen LogP contribution in [0.2, 0.25) is 0 Å². The maximum atomic E-state index is 11.5. The fourth-order valence-corrected chi connectivity index (χ4v) is 2.16. The number of hydrogen-bond donors (Lipinski definition) is 2. The van der Waals surface area contributed by atoms with E-state index in [1.54, 1.807) is 12.1 Å². The summed E-state index contributed by atoms with van der Waals surface area (Å²) in [5.41, 5.74) is 6.14. The van der Waals surface area contributed by atoms with Gasteiger partial charge >= 0.3 is 6.09 Å². The molecule has 2 N–H and O–H groups in total. The molecule has 0 saturated heterocycles. The fourth-order valence-electron chi connectivity index (χ4n) is 1.09. The lowest BCUT2D eigenvalue weighted by atomic mass is 10.2. The molecule has 0 unspecified atom stereocenters. The van der Waals surface area contributed by atoms with Gasteiger partial charge in [0.05, 0.1) is 6.26 Å². The standard InChI is InChI=1S/C9H12N2O7S2/c1-20(15,16)18-11(19(13)14)9(12)17-8-4-2-7(6-10)3-5-8/h2-5,19H,6,10H2,1H3. The first-order chi connectivity index (χ1) is 9.23. The Morgan fingerprint density at radius 2 is 1.85 bits per heavy atom. The van der Waals surface area contributed by atoms with E-state index in [1.807, 2.05) is 0 Å². The van der Waals surface area contributed by atoms with Gasteiger partial charge in [0.1, 0.15) is 5.75 Å². The Morgan fingerprint density at radius 3 is 2.25 bits per heavy atom. The number of hydroxylamine groups is 1. The quantitative estimate of drug-likeness (QED) is 0.540. The van der Waals surface area contributed by atoms with Gasteiger partial charge in [-0.25, -0.2) is 13.2 Å². The molecule has 0 spiro atoms. The number of nitrogens with zero attached hydrogens (tertiary/aromatic N) is 1. The number of rotatable bonds is 5. The monoisotopic (exact) mass is 324 g/mol. The van der Waals surface area contributed by atoms with Gasteiger partial charge < -0.3 is 10.5 Å². The maximum Gasteiger partial charge on any atom is 0.455 e. The van der Waals surface area contributed by atoms with Crippen LogP contribution in [0.1, 0.15) is 5.56 Å². The lowest BCUT2D eigenvalue weighted by Crippen LogP contribution is -2.34. The fraction of sp³-hybridized carbons (Fsp3) is 0.222. The van der Waals surface area contributed by atoms with Crippen molar-refractivity contribution in [3.05, 3.63) is 29.8 Å². The molecular weight excluding hydrogens is 312 g/mol. The molecule has 1 rings (SSSR count). The van der Waals surface area contributed by atoms with Gasteiger partial charge in [-0.05, 0) is 17.7 Å². The predicted octanol–water partition coefficient (Wildman–Crippen LogP) is -0.636. The van der Waals surface area contributed by atoms with E-state index < -0.39 is 27.1 Å². The number of benzene rings is 1. The molecule has 1 aromatic rings. The van der Waals surface area contributed by atoms with Crippen molar-refractivity contribution in [2.45, 2.75) is 6.54 Å². The van der Waals surface area contributed by atoms with Gasteiger partial charge in [-0.15, -0.1) is 4.28 Å². The highest BCUT2D eigenvalue weighted by atomic mass is 32.2. The van der Waals surface area contributed by atoms with Crippen LogP contribution in [0.4, 0.5) is 4.79 Å². The Labute approximate surface area is 117 Å². The zero-order chi connectivity index (χ0) is 15.3. The Hall–Kier alpha value is -1.69. The minimum Gasteiger partial charge on any atom is -0.408 e. The lowest BCUT2D eigenvalue weighted by Gasteiger charge is -2.12. The minimum absolute atomic E-state index is 0.00570. The molecule has 0 radical (unpaired) electrons. The van der Waals surface area contributed by atoms with E-state index in [0.29, 0.717) is 6.26 Å². The number of thiol groups is 1. The van der Waals surface area contributed by atoms with Crippen molar-refractivity contribution in [2.75, 3.05) is 6.26 Å². The maximum absolute atomic E-state index is 11.5. The summed E-state index contributed by atoms with van der Waals surface area (Å²) in [4.78, 5) is 11.5. The van der Waals surface area contributed by atoms with Crippen LogP contribution in [0.3, 0.4) is 0 Å². The Kier molecular flexibility index (Phi) is 5.44. The van der Waals surface area contributed by atoms with Crippen molar-refractivity contribution < 1.29 is 30.7 Å². The topological polar surface area (TPSA) is 133 Å². The first kappa shape index (κ1) is 16.4. The summed E-state index contributed by atoms with van der Waals surface area (Å²) in [6, 6.07) is 5.86. The first-order valence-corrected chi connectivity index (χ1v) is 8.02. The molecule has 0 aliphatic carbocycles. The largest absolute Gasteiger partial charge is 0.455 e. The molecule has 0 atom stereocenters. The second-order valence-electron chi connectivity index (χ2n) is 3.51. The average Bonchev–Trinajstić information content (AvgIpc) is 2.35. The molecule has 0 aliphatic rings. The number of carbonyl (C=O) groups excluding carboxylic acids is 1. The number of amides is 1. The van der Waals surface area contributed by atoms with Crippen molar-refractivity contribution in [3.63, 3.8) is 0 Å². The van der Waals surface area contributed by atoms with Crippen molar-refractivity contribution in [1.82, 2.24) is 4.47 Å². The molecule has 0 heterocycles. The molecule has 0 saturated carbocycles. The number of carbonyl (C=O) groups is 1. The molecule has 20 heavy (non-hydrogen) atoms. The van der Waals surface area contributed by atoms with E-state index in [9.17, 15) is 21.6 Å². The summed E-state index contributed by atoms with van der Waals surface area (Å²) in [7, 11) is -7.83. The summed E-state index contributed by atoms with van der Waals surface area (Å²) in [5.74, 6) is 0.00570. The molecule has 1 aromatic carbocycles. The second-order valence-corrected chi connectivity index (χ2v) is 5.90. The summed E-state index contributed by atoms with van der Waals surface area (Å²) in [5, 5.41) is 0. The number of ether oxygens (including phenoxy) is 1. The highest BCUT2D eigenvalue weighted by molar-refractivity contribution is 7.86. The zero-order valence-electron chi connectivity index (χ0n) is 10.3. The zero-order valence-corrected chi connectivity index (χ0v) is 12.0. The first-order valence-electron chi connectivity index (χ1n) is 5.08. The Morgan fingerprint density at radius 1 is 1.30 bits per heavy atom. The molecule has 112 valence electrons. The SMILES string of the molecule is CS(=O)(=O)ON(C(=O)Oc1ccc(CN)cc1)[SH](=O)=O. The molecule has 1 amide bonds. The summed E-state index contributed by atoms with van der Waals surface area (Å²) in [6.07, 6.45) is -0.922. The van der Waals surface area contributed by atoms with Crippen LogP contribution in [-0.4, -0.2) is 33.7 Å². The van der Waals surface area contributed by atoms with Gasteiger partial charge in [-0.1, -0.05) is 16.6 Å². The van der Waals surface area contributed by atoms with Crippen molar-refractivity contribution in [3.8, 4) is 5.75 Å². The number of nitrogens with two attached hydrogens (primary N) is 1. The van der Waals surface area contributed by atoms with E-state index in [1.165, 1.54) is 12.1 Å². The lowest BCUT2D eigenvalue weighted by molar-refractivity contribution is 0.0541.